The van der Waals surface area contributed by atoms with Crippen molar-refractivity contribution in [3.63, 3.8) is 0 Å². The van der Waals surface area contributed by atoms with Crippen molar-refractivity contribution in [2.24, 2.45) is 5.92 Å². The van der Waals surface area contributed by atoms with Crippen molar-refractivity contribution in [2.75, 3.05) is 24.5 Å². The minimum atomic E-state index is 0.569. The second-order valence-corrected chi connectivity index (χ2v) is 7.88. The fourth-order valence-electron chi connectivity index (χ4n) is 3.23. The second-order valence-electron chi connectivity index (χ2n) is 5.59. The van der Waals surface area contributed by atoms with Crippen molar-refractivity contribution in [3.8, 4) is 11.4 Å². The van der Waals surface area contributed by atoms with E-state index < -0.39 is 0 Å². The molecular formula is C13H15Cl2N5S. The van der Waals surface area contributed by atoms with Crippen LogP contribution < -0.4 is 10.2 Å². The molecule has 0 radical (unpaired) electrons. The molecule has 2 atom stereocenters. The van der Waals surface area contributed by atoms with E-state index in [1.54, 1.807) is 0 Å². The predicted octanol–water partition coefficient (Wildman–Crippen LogP) is 3.03. The number of rotatable bonds is 2. The number of aromatic amines is 1. The Hall–Kier alpha value is -0.820. The average Bonchev–Trinajstić information content (AvgIpc) is 3.15. The maximum absolute atomic E-state index is 6.17. The molecule has 0 aliphatic carbocycles. The quantitative estimate of drug-likeness (QED) is 0.879. The van der Waals surface area contributed by atoms with E-state index in [9.17, 15) is 0 Å². The molecule has 2 aromatic rings. The third-order valence-electron chi connectivity index (χ3n) is 4.27. The Balaban J connectivity index is 1.56. The first kappa shape index (κ1) is 13.8. The molecule has 2 aromatic heterocycles. The number of hydrogen-bond donors (Lipinski definition) is 2. The van der Waals surface area contributed by atoms with Gasteiger partial charge in [0.1, 0.15) is 4.34 Å². The van der Waals surface area contributed by atoms with Gasteiger partial charge in [-0.05, 0) is 31.4 Å². The van der Waals surface area contributed by atoms with Crippen LogP contribution in [0.4, 0.5) is 5.95 Å². The highest BCUT2D eigenvalue weighted by atomic mass is 35.5. The molecule has 0 spiro atoms. The molecule has 5 nitrogen and oxygen atoms in total. The Bertz CT molecular complexity index is 641. The minimum Gasteiger partial charge on any atom is -0.338 e. The monoisotopic (exact) mass is 343 g/mol. The number of nitrogens with one attached hydrogen (secondary N) is 2. The van der Waals surface area contributed by atoms with Crippen LogP contribution >= 0.6 is 34.5 Å². The molecule has 4 rings (SSSR count). The maximum atomic E-state index is 6.17. The van der Waals surface area contributed by atoms with E-state index in [2.05, 4.69) is 25.4 Å². The van der Waals surface area contributed by atoms with Gasteiger partial charge in [-0.1, -0.05) is 23.2 Å². The largest absolute Gasteiger partial charge is 0.338 e. The van der Waals surface area contributed by atoms with Gasteiger partial charge in [0.2, 0.25) is 5.95 Å². The van der Waals surface area contributed by atoms with E-state index in [1.807, 2.05) is 6.07 Å². The van der Waals surface area contributed by atoms with Crippen LogP contribution in [0.1, 0.15) is 12.8 Å². The van der Waals surface area contributed by atoms with Crippen molar-refractivity contribution in [1.82, 2.24) is 20.5 Å². The molecular weight excluding hydrogens is 329 g/mol. The molecule has 0 bridgehead atoms. The highest BCUT2D eigenvalue weighted by Crippen LogP contribution is 2.37. The molecule has 2 saturated heterocycles. The summed E-state index contributed by atoms with van der Waals surface area (Å²) >= 11 is 13.5. The van der Waals surface area contributed by atoms with Gasteiger partial charge < -0.3 is 10.2 Å². The van der Waals surface area contributed by atoms with Gasteiger partial charge in [-0.15, -0.1) is 16.4 Å². The third-order valence-corrected chi connectivity index (χ3v) is 5.76. The first-order valence-electron chi connectivity index (χ1n) is 7.06. The second kappa shape index (κ2) is 5.43. The number of hydrogen-bond acceptors (Lipinski definition) is 5. The van der Waals surface area contributed by atoms with Gasteiger partial charge in [0, 0.05) is 24.7 Å². The number of H-pyrrole nitrogens is 1. The molecule has 2 N–H and O–H groups in total. The SMILES string of the molecule is Clc1cc(-c2nc(N3CC4CCCNC4C3)n[nH]2)c(Cl)s1. The third kappa shape index (κ3) is 2.54. The number of nitrogens with zero attached hydrogens (tertiary/aromatic N) is 3. The van der Waals surface area contributed by atoms with E-state index in [0.717, 1.165) is 31.1 Å². The summed E-state index contributed by atoms with van der Waals surface area (Å²) in [7, 11) is 0. The van der Waals surface area contributed by atoms with Crippen LogP contribution in [-0.4, -0.2) is 40.9 Å². The van der Waals surface area contributed by atoms with Crippen LogP contribution in [0.2, 0.25) is 8.67 Å². The zero-order valence-electron chi connectivity index (χ0n) is 11.3. The van der Waals surface area contributed by atoms with Crippen LogP contribution in [0.5, 0.6) is 0 Å². The summed E-state index contributed by atoms with van der Waals surface area (Å²) < 4.78 is 1.30. The molecule has 2 fully saturated rings. The Morgan fingerprint density at radius 1 is 1.33 bits per heavy atom. The lowest BCUT2D eigenvalue weighted by molar-refractivity contribution is 0.340. The zero-order valence-corrected chi connectivity index (χ0v) is 13.6. The maximum Gasteiger partial charge on any atom is 0.245 e. The highest BCUT2D eigenvalue weighted by molar-refractivity contribution is 7.20. The van der Waals surface area contributed by atoms with E-state index in [0.29, 0.717) is 26.5 Å². The number of halogens is 2. The van der Waals surface area contributed by atoms with Crippen molar-refractivity contribution in [1.29, 1.82) is 0 Å². The molecule has 8 heteroatoms. The van der Waals surface area contributed by atoms with Crippen LogP contribution in [-0.2, 0) is 0 Å². The van der Waals surface area contributed by atoms with Crippen molar-refractivity contribution in [3.05, 3.63) is 14.7 Å². The number of aromatic nitrogens is 3. The molecule has 112 valence electrons. The molecule has 2 aliphatic heterocycles. The molecule has 0 aromatic carbocycles. The zero-order chi connectivity index (χ0) is 14.4. The summed E-state index contributed by atoms with van der Waals surface area (Å²) in [5, 5.41) is 10.9. The van der Waals surface area contributed by atoms with Crippen molar-refractivity contribution in [2.45, 2.75) is 18.9 Å². The topological polar surface area (TPSA) is 56.8 Å². The van der Waals surface area contributed by atoms with Gasteiger partial charge in [0.05, 0.1) is 4.34 Å². The van der Waals surface area contributed by atoms with Crippen LogP contribution in [0.3, 0.4) is 0 Å². The molecule has 2 aliphatic rings. The van der Waals surface area contributed by atoms with E-state index in [-0.39, 0.29) is 0 Å². The highest BCUT2D eigenvalue weighted by Gasteiger charge is 2.35. The molecule has 0 saturated carbocycles. The Labute approximate surface area is 136 Å². The molecule has 2 unspecified atom stereocenters. The van der Waals surface area contributed by atoms with Gasteiger partial charge in [-0.2, -0.15) is 4.98 Å². The summed E-state index contributed by atoms with van der Waals surface area (Å²) in [6.45, 7) is 3.12. The van der Waals surface area contributed by atoms with E-state index in [4.69, 9.17) is 23.2 Å². The average molecular weight is 344 g/mol. The minimum absolute atomic E-state index is 0.569. The lowest BCUT2D eigenvalue weighted by Gasteiger charge is -2.24. The summed E-state index contributed by atoms with van der Waals surface area (Å²) in [4.78, 5) is 6.84. The summed E-state index contributed by atoms with van der Waals surface area (Å²) in [5.41, 5.74) is 0.820. The Kier molecular flexibility index (Phi) is 3.57. The standard InChI is InChI=1S/C13H15Cl2N5S/c14-10-4-8(11(15)21-10)12-17-13(19-18-12)20-5-7-2-1-3-16-9(7)6-20/h4,7,9,16H,1-3,5-6H2,(H,17,18,19). The van der Waals surface area contributed by atoms with Crippen LogP contribution in [0.25, 0.3) is 11.4 Å². The molecule has 0 amide bonds. The molecule has 21 heavy (non-hydrogen) atoms. The number of fused-ring (bicyclic) bond motifs is 1. The lowest BCUT2D eigenvalue weighted by Crippen LogP contribution is -2.40. The van der Waals surface area contributed by atoms with Gasteiger partial charge in [-0.25, -0.2) is 0 Å². The van der Waals surface area contributed by atoms with Gasteiger partial charge in [0.15, 0.2) is 5.82 Å². The number of piperidine rings is 1. The first-order chi connectivity index (χ1) is 10.2. The van der Waals surface area contributed by atoms with Crippen LogP contribution in [0, 0.1) is 5.92 Å². The van der Waals surface area contributed by atoms with Crippen molar-refractivity contribution < 1.29 is 0 Å². The predicted molar refractivity (Wildman–Crippen MR) is 86.4 cm³/mol. The summed E-state index contributed by atoms with van der Waals surface area (Å²) in [5.74, 6) is 2.14. The number of anilines is 1. The Morgan fingerprint density at radius 2 is 2.24 bits per heavy atom. The van der Waals surface area contributed by atoms with Crippen molar-refractivity contribution >= 4 is 40.5 Å². The fraction of sp³-hybridized carbons (Fsp3) is 0.538. The lowest BCUT2D eigenvalue weighted by atomic mass is 9.94. The first-order valence-corrected chi connectivity index (χ1v) is 8.64. The normalized spacial score (nSPS) is 25.3. The summed E-state index contributed by atoms with van der Waals surface area (Å²) in [6, 6.07) is 2.39. The van der Waals surface area contributed by atoms with E-state index >= 15 is 0 Å². The summed E-state index contributed by atoms with van der Waals surface area (Å²) in [6.07, 6.45) is 2.55. The van der Waals surface area contributed by atoms with Gasteiger partial charge in [0.25, 0.3) is 0 Å². The fourth-order valence-corrected chi connectivity index (χ4v) is 4.69. The smallest absolute Gasteiger partial charge is 0.245 e. The van der Waals surface area contributed by atoms with Gasteiger partial charge >= 0.3 is 0 Å². The number of thiophene rings is 1. The van der Waals surface area contributed by atoms with E-state index in [1.165, 1.54) is 24.2 Å². The van der Waals surface area contributed by atoms with Crippen LogP contribution in [0.15, 0.2) is 6.07 Å². The van der Waals surface area contributed by atoms with Gasteiger partial charge in [-0.3, -0.25) is 5.10 Å². The Morgan fingerprint density at radius 3 is 3.00 bits per heavy atom. The molecule has 4 heterocycles.